The van der Waals surface area contributed by atoms with Crippen LogP contribution in [0.3, 0.4) is 0 Å². The van der Waals surface area contributed by atoms with E-state index in [-0.39, 0.29) is 30.4 Å². The van der Waals surface area contributed by atoms with Crippen molar-refractivity contribution < 1.29 is 13.2 Å². The van der Waals surface area contributed by atoms with Gasteiger partial charge < -0.3 is 14.8 Å². The molecule has 3 aromatic carbocycles. The zero-order valence-corrected chi connectivity index (χ0v) is 20.4. The van der Waals surface area contributed by atoms with Crippen LogP contribution in [-0.2, 0) is 10.0 Å². The average Bonchev–Trinajstić information content (AvgIpc) is 3.33. The van der Waals surface area contributed by atoms with Gasteiger partial charge in [-0.25, -0.2) is 13.4 Å². The van der Waals surface area contributed by atoms with Crippen LogP contribution in [0.4, 0.5) is 5.69 Å². The molecule has 1 aromatic heterocycles. The van der Waals surface area contributed by atoms with Crippen LogP contribution in [0.15, 0.2) is 83.8 Å². The summed E-state index contributed by atoms with van der Waals surface area (Å²) in [4.78, 5) is 25.2. The molecule has 5 rings (SSSR count). The highest BCUT2D eigenvalue weighted by Gasteiger charge is 2.40. The number of carbonyl (C=O) groups is 1. The lowest BCUT2D eigenvalue weighted by Gasteiger charge is -2.39. The van der Waals surface area contributed by atoms with E-state index in [0.717, 1.165) is 16.7 Å². The largest absolute Gasteiger partial charge is 0.378 e. The van der Waals surface area contributed by atoms with Gasteiger partial charge in [0.15, 0.2) is 0 Å². The van der Waals surface area contributed by atoms with Crippen LogP contribution in [0.25, 0.3) is 11.0 Å². The molecule has 1 amide bonds. The number of anilines is 1. The Balaban J connectivity index is 1.50. The van der Waals surface area contributed by atoms with Crippen molar-refractivity contribution in [2.45, 2.75) is 10.9 Å². The highest BCUT2D eigenvalue weighted by atomic mass is 32.2. The molecule has 180 valence electrons. The molecule has 1 N–H and O–H groups in total. The van der Waals surface area contributed by atoms with Gasteiger partial charge in [0.2, 0.25) is 10.0 Å². The van der Waals surface area contributed by atoms with Crippen LogP contribution in [-0.4, -0.2) is 67.2 Å². The fraction of sp³-hybridized carbons (Fsp3) is 0.231. The van der Waals surface area contributed by atoms with E-state index in [4.69, 9.17) is 0 Å². The second-order valence-electron chi connectivity index (χ2n) is 8.78. The van der Waals surface area contributed by atoms with Crippen molar-refractivity contribution in [3.63, 3.8) is 0 Å². The van der Waals surface area contributed by atoms with Crippen LogP contribution in [0.1, 0.15) is 22.2 Å². The Bertz CT molecular complexity index is 1420. The number of amides is 1. The first-order valence-electron chi connectivity index (χ1n) is 11.4. The van der Waals surface area contributed by atoms with E-state index in [1.165, 1.54) is 4.31 Å². The Morgan fingerprint density at radius 3 is 2.31 bits per heavy atom. The van der Waals surface area contributed by atoms with Crippen molar-refractivity contribution in [1.29, 1.82) is 0 Å². The lowest BCUT2D eigenvalue weighted by Crippen LogP contribution is -2.52. The Labute approximate surface area is 204 Å². The predicted octanol–water partition coefficient (Wildman–Crippen LogP) is 3.52. The number of aromatic nitrogens is 2. The molecule has 0 saturated carbocycles. The number of imidazole rings is 1. The molecule has 0 radical (unpaired) electrons. The number of para-hydroxylation sites is 2. The number of nitrogens with one attached hydrogen (secondary N) is 1. The molecule has 1 aliphatic heterocycles. The number of fused-ring (bicyclic) bond motifs is 1. The van der Waals surface area contributed by atoms with Gasteiger partial charge in [-0.3, -0.25) is 4.79 Å². The van der Waals surface area contributed by atoms with Gasteiger partial charge >= 0.3 is 0 Å². The summed E-state index contributed by atoms with van der Waals surface area (Å²) in [5, 5.41) is 0. The lowest BCUT2D eigenvalue weighted by atomic mass is 10.1. The van der Waals surface area contributed by atoms with Gasteiger partial charge in [0.1, 0.15) is 11.9 Å². The lowest BCUT2D eigenvalue weighted by molar-refractivity contribution is 0.0621. The maximum absolute atomic E-state index is 13.6. The number of aromatic amines is 1. The Morgan fingerprint density at radius 2 is 1.63 bits per heavy atom. The summed E-state index contributed by atoms with van der Waals surface area (Å²) in [5.74, 6) is 0.388. The standard InChI is InChI=1S/C26H27N5O3S/c1-29(2)20-14-12-19(13-15-20)26(32)30-16-17-31(35(33,34)21-8-4-3-5-9-21)24(18-30)25-27-22-10-6-7-11-23(22)28-25/h3-15,24H,16-18H2,1-2H3,(H,27,28). The van der Waals surface area contributed by atoms with Crippen LogP contribution >= 0.6 is 0 Å². The minimum absolute atomic E-state index is 0.131. The Morgan fingerprint density at radius 1 is 0.943 bits per heavy atom. The molecule has 8 nitrogen and oxygen atoms in total. The van der Waals surface area contributed by atoms with E-state index in [9.17, 15) is 13.2 Å². The summed E-state index contributed by atoms with van der Waals surface area (Å²) < 4.78 is 28.7. The zero-order valence-electron chi connectivity index (χ0n) is 19.6. The van der Waals surface area contributed by atoms with Gasteiger partial charge in [0, 0.05) is 45.0 Å². The van der Waals surface area contributed by atoms with Gasteiger partial charge in [-0.1, -0.05) is 30.3 Å². The van der Waals surface area contributed by atoms with Crippen LogP contribution in [0.2, 0.25) is 0 Å². The predicted molar refractivity (Wildman–Crippen MR) is 136 cm³/mol. The first kappa shape index (κ1) is 23.1. The smallest absolute Gasteiger partial charge is 0.253 e. The molecule has 9 heteroatoms. The van der Waals surface area contributed by atoms with Gasteiger partial charge in [-0.15, -0.1) is 0 Å². The van der Waals surface area contributed by atoms with E-state index in [1.807, 2.05) is 55.4 Å². The van der Waals surface area contributed by atoms with E-state index in [2.05, 4.69) is 9.97 Å². The first-order valence-corrected chi connectivity index (χ1v) is 12.9. The van der Waals surface area contributed by atoms with Crippen molar-refractivity contribution in [2.75, 3.05) is 38.6 Å². The van der Waals surface area contributed by atoms with Crippen molar-refractivity contribution in [3.8, 4) is 0 Å². The maximum atomic E-state index is 13.6. The number of nitrogens with zero attached hydrogens (tertiary/aromatic N) is 4. The third-order valence-corrected chi connectivity index (χ3v) is 8.24. The van der Waals surface area contributed by atoms with Gasteiger partial charge in [0.05, 0.1) is 15.9 Å². The molecule has 0 aliphatic carbocycles. The summed E-state index contributed by atoms with van der Waals surface area (Å²) in [6.45, 7) is 0.650. The number of sulfonamides is 1. The molecule has 0 bridgehead atoms. The van der Waals surface area contributed by atoms with Gasteiger partial charge in [-0.05, 0) is 48.5 Å². The molecule has 1 atom stereocenters. The summed E-state index contributed by atoms with van der Waals surface area (Å²) in [6.07, 6.45) is 0. The third-order valence-electron chi connectivity index (χ3n) is 6.32. The summed E-state index contributed by atoms with van der Waals surface area (Å²) >= 11 is 0. The molecule has 2 heterocycles. The number of piperazine rings is 1. The fourth-order valence-electron chi connectivity index (χ4n) is 4.40. The molecule has 1 aliphatic rings. The number of hydrogen-bond donors (Lipinski definition) is 1. The SMILES string of the molecule is CN(C)c1ccc(C(=O)N2CCN(S(=O)(=O)c3ccccc3)C(c3nc4ccccc4[nH]3)C2)cc1. The minimum Gasteiger partial charge on any atom is -0.378 e. The van der Waals surface area contributed by atoms with Crippen molar-refractivity contribution in [2.24, 2.45) is 0 Å². The molecule has 0 spiro atoms. The zero-order chi connectivity index (χ0) is 24.6. The molecule has 35 heavy (non-hydrogen) atoms. The van der Waals surface area contributed by atoms with Crippen LogP contribution in [0.5, 0.6) is 0 Å². The summed E-state index contributed by atoms with van der Waals surface area (Å²) in [5.41, 5.74) is 3.14. The fourth-order valence-corrected chi connectivity index (χ4v) is 6.00. The average molecular weight is 490 g/mol. The number of hydrogen-bond acceptors (Lipinski definition) is 5. The van der Waals surface area contributed by atoms with Crippen LogP contribution in [0, 0.1) is 0 Å². The third kappa shape index (κ3) is 4.40. The number of rotatable bonds is 5. The maximum Gasteiger partial charge on any atom is 0.253 e. The normalized spacial score (nSPS) is 17.0. The molecular weight excluding hydrogens is 462 g/mol. The van der Waals surface area contributed by atoms with Gasteiger partial charge in [0.25, 0.3) is 5.91 Å². The van der Waals surface area contributed by atoms with E-state index >= 15 is 0 Å². The van der Waals surface area contributed by atoms with Crippen molar-refractivity contribution >= 4 is 32.7 Å². The quantitative estimate of drug-likeness (QED) is 0.463. The highest BCUT2D eigenvalue weighted by molar-refractivity contribution is 7.89. The molecule has 4 aromatic rings. The monoisotopic (exact) mass is 489 g/mol. The molecule has 1 saturated heterocycles. The first-order chi connectivity index (χ1) is 16.8. The topological polar surface area (TPSA) is 89.6 Å². The van der Waals surface area contributed by atoms with Gasteiger partial charge in [-0.2, -0.15) is 4.31 Å². The van der Waals surface area contributed by atoms with E-state index in [0.29, 0.717) is 11.4 Å². The summed E-state index contributed by atoms with van der Waals surface area (Å²) in [7, 11) is 0.0953. The summed E-state index contributed by atoms with van der Waals surface area (Å²) in [6, 6.07) is 22.7. The highest BCUT2D eigenvalue weighted by Crippen LogP contribution is 2.31. The number of H-pyrrole nitrogens is 1. The number of carbonyl (C=O) groups excluding carboxylic acids is 1. The molecule has 1 fully saturated rings. The Hall–Kier alpha value is -3.69. The van der Waals surface area contributed by atoms with Crippen molar-refractivity contribution in [1.82, 2.24) is 19.2 Å². The number of benzene rings is 3. The second kappa shape index (κ2) is 9.16. The Kier molecular flexibility index (Phi) is 6.04. The molecular formula is C26H27N5O3S. The van der Waals surface area contributed by atoms with Crippen molar-refractivity contribution in [3.05, 3.63) is 90.3 Å². The minimum atomic E-state index is -3.80. The van der Waals surface area contributed by atoms with E-state index in [1.54, 1.807) is 47.4 Å². The van der Waals surface area contributed by atoms with Crippen LogP contribution < -0.4 is 4.90 Å². The second-order valence-corrected chi connectivity index (χ2v) is 10.7. The van der Waals surface area contributed by atoms with E-state index < -0.39 is 16.1 Å². The molecule has 1 unspecified atom stereocenters.